The van der Waals surface area contributed by atoms with Crippen molar-refractivity contribution >= 4 is 33.1 Å². The Labute approximate surface area is 170 Å². The van der Waals surface area contributed by atoms with E-state index in [1.807, 2.05) is 30.9 Å². The van der Waals surface area contributed by atoms with Crippen LogP contribution >= 0.6 is 11.3 Å². The maximum Gasteiger partial charge on any atom is 0.352 e. The van der Waals surface area contributed by atoms with E-state index in [9.17, 15) is 9.59 Å². The first kappa shape index (κ1) is 18.0. The van der Waals surface area contributed by atoms with E-state index in [4.69, 9.17) is 0 Å². The first-order chi connectivity index (χ1) is 14.0. The largest absolute Gasteiger partial charge is 0.352 e. The third-order valence-corrected chi connectivity index (χ3v) is 6.76. The molecule has 1 fully saturated rings. The highest BCUT2D eigenvalue weighted by Gasteiger charge is 2.24. The molecule has 0 bridgehead atoms. The summed E-state index contributed by atoms with van der Waals surface area (Å²) in [7, 11) is 0. The number of rotatable bonds is 3. The highest BCUT2D eigenvalue weighted by molar-refractivity contribution is 7.19. The van der Waals surface area contributed by atoms with Crippen LogP contribution in [0.25, 0.3) is 27.3 Å². The number of likely N-dealkylation sites (tertiary alicyclic amines) is 1. The molecule has 8 nitrogen and oxygen atoms in total. The summed E-state index contributed by atoms with van der Waals surface area (Å²) in [5.41, 5.74) is 1.98. The zero-order chi connectivity index (χ0) is 20.1. The molecule has 0 saturated carbocycles. The van der Waals surface area contributed by atoms with Crippen molar-refractivity contribution in [1.29, 1.82) is 0 Å². The fourth-order valence-corrected chi connectivity index (χ4v) is 4.97. The van der Waals surface area contributed by atoms with Crippen LogP contribution in [0.2, 0.25) is 0 Å². The predicted octanol–water partition coefficient (Wildman–Crippen LogP) is 2.41. The molecule has 1 aliphatic heterocycles. The molecule has 1 aliphatic rings. The van der Waals surface area contributed by atoms with Gasteiger partial charge in [-0.1, -0.05) is 0 Å². The molecule has 9 heteroatoms. The number of thiophene rings is 1. The van der Waals surface area contributed by atoms with E-state index in [1.54, 1.807) is 17.0 Å². The number of nitrogens with zero attached hydrogens (tertiary/aromatic N) is 6. The van der Waals surface area contributed by atoms with Gasteiger partial charge in [0.1, 0.15) is 11.4 Å². The molecule has 0 aliphatic carbocycles. The lowest BCUT2D eigenvalue weighted by Crippen LogP contribution is -2.36. The fourth-order valence-electron chi connectivity index (χ4n) is 3.83. The lowest BCUT2D eigenvalue weighted by Gasteiger charge is -2.16. The Kier molecular flexibility index (Phi) is 4.20. The van der Waals surface area contributed by atoms with E-state index in [-0.39, 0.29) is 18.1 Å². The standard InChI is InChI=1S/C20H20N6O2S/c1-12-13(2)29-19-16(12)18-22-17(14-6-5-7-21-10-14)23-26(18)20(28)25(19)11-15(27)24-8-3-4-9-24/h5-7,10H,3-4,8-9,11H2,1-2H3. The van der Waals surface area contributed by atoms with Crippen LogP contribution in [0, 0.1) is 13.8 Å². The average molecular weight is 408 g/mol. The molecular formula is C20H20N6O2S. The summed E-state index contributed by atoms with van der Waals surface area (Å²) in [5, 5.41) is 5.34. The van der Waals surface area contributed by atoms with Gasteiger partial charge < -0.3 is 4.90 Å². The molecule has 0 spiro atoms. The second-order valence-corrected chi connectivity index (χ2v) is 8.54. The molecule has 0 aromatic carbocycles. The minimum atomic E-state index is -0.344. The molecule has 0 atom stereocenters. The van der Waals surface area contributed by atoms with E-state index in [2.05, 4.69) is 15.1 Å². The highest BCUT2D eigenvalue weighted by atomic mass is 32.1. The van der Waals surface area contributed by atoms with Crippen molar-refractivity contribution in [2.24, 2.45) is 0 Å². The predicted molar refractivity (Wildman–Crippen MR) is 111 cm³/mol. The maximum atomic E-state index is 13.3. The van der Waals surface area contributed by atoms with Gasteiger partial charge in [-0.25, -0.2) is 9.78 Å². The SMILES string of the molecule is Cc1sc2c(c1C)c1nc(-c3cccnc3)nn1c(=O)n2CC(=O)N1CCCC1. The van der Waals surface area contributed by atoms with E-state index in [0.717, 1.165) is 52.2 Å². The Balaban J connectivity index is 1.74. The van der Waals surface area contributed by atoms with Gasteiger partial charge in [-0.2, -0.15) is 4.52 Å². The first-order valence-corrected chi connectivity index (χ1v) is 10.4. The number of pyridine rings is 1. The molecule has 5 heterocycles. The van der Waals surface area contributed by atoms with Crippen LogP contribution in [0.4, 0.5) is 0 Å². The molecule has 29 heavy (non-hydrogen) atoms. The fraction of sp³-hybridized carbons (Fsp3) is 0.350. The Hall–Kier alpha value is -3.07. The van der Waals surface area contributed by atoms with Crippen LogP contribution in [0.3, 0.4) is 0 Å². The maximum absolute atomic E-state index is 13.3. The van der Waals surface area contributed by atoms with Gasteiger partial charge in [0.05, 0.1) is 5.39 Å². The molecule has 0 radical (unpaired) electrons. The summed E-state index contributed by atoms with van der Waals surface area (Å²) < 4.78 is 2.87. The molecular weight excluding hydrogens is 388 g/mol. The average Bonchev–Trinajstić information content (AvgIpc) is 3.46. The van der Waals surface area contributed by atoms with E-state index in [0.29, 0.717) is 11.5 Å². The van der Waals surface area contributed by atoms with Crippen molar-refractivity contribution in [3.8, 4) is 11.4 Å². The number of carbonyl (C=O) groups is 1. The Morgan fingerprint density at radius 1 is 1.24 bits per heavy atom. The molecule has 1 amide bonds. The normalized spacial score (nSPS) is 14.3. The Morgan fingerprint density at radius 3 is 2.76 bits per heavy atom. The third-order valence-electron chi connectivity index (χ3n) is 5.53. The van der Waals surface area contributed by atoms with Gasteiger partial charge in [0, 0.05) is 35.9 Å². The van der Waals surface area contributed by atoms with Crippen molar-refractivity contribution < 1.29 is 4.79 Å². The van der Waals surface area contributed by atoms with Crippen LogP contribution in [0.15, 0.2) is 29.3 Å². The molecule has 148 valence electrons. The van der Waals surface area contributed by atoms with Gasteiger partial charge in [0.25, 0.3) is 0 Å². The topological polar surface area (TPSA) is 85.4 Å². The molecule has 4 aromatic heterocycles. The Bertz CT molecular complexity index is 1300. The van der Waals surface area contributed by atoms with Crippen LogP contribution in [-0.4, -0.2) is 48.0 Å². The van der Waals surface area contributed by atoms with Crippen molar-refractivity contribution in [1.82, 2.24) is 29.0 Å². The third kappa shape index (κ3) is 2.84. The summed E-state index contributed by atoms with van der Waals surface area (Å²) in [4.78, 5) is 38.6. The zero-order valence-corrected chi connectivity index (χ0v) is 17.1. The monoisotopic (exact) mass is 408 g/mol. The summed E-state index contributed by atoms with van der Waals surface area (Å²) in [6, 6.07) is 3.67. The molecule has 1 saturated heterocycles. The second kappa shape index (κ2) is 6.77. The summed E-state index contributed by atoms with van der Waals surface area (Å²) >= 11 is 1.52. The number of amides is 1. The Morgan fingerprint density at radius 2 is 2.03 bits per heavy atom. The van der Waals surface area contributed by atoms with Crippen LogP contribution in [0.5, 0.6) is 0 Å². The van der Waals surface area contributed by atoms with Crippen LogP contribution in [-0.2, 0) is 11.3 Å². The minimum Gasteiger partial charge on any atom is -0.341 e. The van der Waals surface area contributed by atoms with Gasteiger partial charge >= 0.3 is 5.69 Å². The number of hydrogen-bond acceptors (Lipinski definition) is 6. The zero-order valence-electron chi connectivity index (χ0n) is 16.3. The lowest BCUT2D eigenvalue weighted by molar-refractivity contribution is -0.130. The molecule has 0 N–H and O–H groups in total. The smallest absolute Gasteiger partial charge is 0.341 e. The number of aryl methyl sites for hydroxylation is 2. The molecule has 5 rings (SSSR count). The molecule has 0 unspecified atom stereocenters. The van der Waals surface area contributed by atoms with Crippen molar-refractivity contribution in [2.75, 3.05) is 13.1 Å². The number of fused-ring (bicyclic) bond motifs is 3. The van der Waals surface area contributed by atoms with Gasteiger partial charge in [-0.05, 0) is 44.4 Å². The quantitative estimate of drug-likeness (QED) is 0.520. The second-order valence-electron chi connectivity index (χ2n) is 7.33. The van der Waals surface area contributed by atoms with E-state index in [1.165, 1.54) is 15.9 Å². The first-order valence-electron chi connectivity index (χ1n) is 9.62. The van der Waals surface area contributed by atoms with Gasteiger partial charge in [-0.15, -0.1) is 16.4 Å². The van der Waals surface area contributed by atoms with Gasteiger partial charge in [0.15, 0.2) is 11.5 Å². The number of carbonyl (C=O) groups excluding carboxylic acids is 1. The van der Waals surface area contributed by atoms with Crippen molar-refractivity contribution in [3.05, 3.63) is 45.5 Å². The van der Waals surface area contributed by atoms with E-state index >= 15 is 0 Å². The van der Waals surface area contributed by atoms with Crippen LogP contribution in [0.1, 0.15) is 23.3 Å². The molecule has 4 aromatic rings. The summed E-state index contributed by atoms with van der Waals surface area (Å²) in [6.07, 6.45) is 5.39. The van der Waals surface area contributed by atoms with Crippen LogP contribution < -0.4 is 5.69 Å². The summed E-state index contributed by atoms with van der Waals surface area (Å²) in [5.74, 6) is 0.421. The summed E-state index contributed by atoms with van der Waals surface area (Å²) in [6.45, 7) is 5.58. The number of hydrogen-bond donors (Lipinski definition) is 0. The van der Waals surface area contributed by atoms with Gasteiger partial charge in [-0.3, -0.25) is 14.3 Å². The number of aromatic nitrogens is 5. The van der Waals surface area contributed by atoms with Gasteiger partial charge in [0.2, 0.25) is 5.91 Å². The highest BCUT2D eigenvalue weighted by Crippen LogP contribution is 2.32. The van der Waals surface area contributed by atoms with Crippen molar-refractivity contribution in [3.63, 3.8) is 0 Å². The minimum absolute atomic E-state index is 0.0206. The lowest BCUT2D eigenvalue weighted by atomic mass is 10.2. The van der Waals surface area contributed by atoms with E-state index < -0.39 is 0 Å². The van der Waals surface area contributed by atoms with Crippen molar-refractivity contribution in [2.45, 2.75) is 33.2 Å².